The molecule has 0 amide bonds. The number of aliphatic carboxylic acids is 4. The molecule has 0 fully saturated rings. The lowest BCUT2D eigenvalue weighted by Crippen LogP contribution is -2.41. The van der Waals surface area contributed by atoms with E-state index in [1.165, 1.54) is 0 Å². The Morgan fingerprint density at radius 3 is 1.68 bits per heavy atom. The molecule has 0 aliphatic carbocycles. The molecule has 0 spiro atoms. The maximum absolute atomic E-state index is 10.9. The van der Waals surface area contributed by atoms with Crippen molar-refractivity contribution in [3.63, 3.8) is 0 Å². The number of rotatable bonds is 13. The average molecular weight is 320 g/mol. The molecule has 10 nitrogen and oxygen atoms in total. The summed E-state index contributed by atoms with van der Waals surface area (Å²) in [6.07, 6.45) is -0.532. The number of carboxylic acid groups (broad SMARTS) is 4. The van der Waals surface area contributed by atoms with Gasteiger partial charge in [-0.15, -0.1) is 0 Å². The second kappa shape index (κ2) is 10.5. The van der Waals surface area contributed by atoms with Crippen molar-refractivity contribution in [3.8, 4) is 0 Å². The zero-order valence-electron chi connectivity index (χ0n) is 11.8. The van der Waals surface area contributed by atoms with Crippen LogP contribution in [0.3, 0.4) is 0 Å². The Kier molecular flexibility index (Phi) is 9.46. The molecule has 2 atom stereocenters. The minimum absolute atomic E-state index is 0.0607. The summed E-state index contributed by atoms with van der Waals surface area (Å²) in [6, 6.07) is -2.20. The van der Waals surface area contributed by atoms with Crippen LogP contribution in [0.25, 0.3) is 0 Å². The zero-order valence-corrected chi connectivity index (χ0v) is 11.8. The van der Waals surface area contributed by atoms with E-state index >= 15 is 0 Å². The summed E-state index contributed by atoms with van der Waals surface area (Å²) in [5.41, 5.74) is 0. The topological polar surface area (TPSA) is 173 Å². The Hall–Kier alpha value is -2.20. The van der Waals surface area contributed by atoms with Crippen LogP contribution >= 0.6 is 0 Å². The van der Waals surface area contributed by atoms with Gasteiger partial charge < -0.3 is 31.1 Å². The summed E-state index contributed by atoms with van der Waals surface area (Å²) in [4.78, 5) is 42.5. The number of nitrogens with one attached hydrogen (secondary N) is 2. The molecule has 6 N–H and O–H groups in total. The van der Waals surface area contributed by atoms with E-state index in [0.29, 0.717) is 6.42 Å². The molecule has 0 aromatic heterocycles. The molecular weight excluding hydrogens is 300 g/mol. The summed E-state index contributed by atoms with van der Waals surface area (Å²) in [5, 5.41) is 39.9. The molecule has 0 radical (unpaired) electrons. The van der Waals surface area contributed by atoms with Gasteiger partial charge in [0, 0.05) is 6.42 Å². The fraction of sp³-hybridized carbons (Fsp3) is 0.667. The molecule has 0 aliphatic rings. The van der Waals surface area contributed by atoms with Crippen LogP contribution in [-0.2, 0) is 19.2 Å². The first-order valence-corrected chi connectivity index (χ1v) is 6.60. The van der Waals surface area contributed by atoms with Gasteiger partial charge in [-0.1, -0.05) is 0 Å². The Bertz CT molecular complexity index is 412. The molecule has 22 heavy (non-hydrogen) atoms. The van der Waals surface area contributed by atoms with Crippen LogP contribution in [0, 0.1) is 0 Å². The average Bonchev–Trinajstić information content (AvgIpc) is 2.38. The number of carbonyl (C=O) groups is 4. The van der Waals surface area contributed by atoms with Crippen LogP contribution < -0.4 is 10.6 Å². The molecule has 126 valence electrons. The van der Waals surface area contributed by atoms with Gasteiger partial charge in [-0.2, -0.15) is 0 Å². The molecule has 0 rings (SSSR count). The first-order chi connectivity index (χ1) is 10.2. The molecule has 0 bridgehead atoms. The molecular formula is C12H20N2O8. The monoisotopic (exact) mass is 320 g/mol. The molecule has 0 aromatic carbocycles. The van der Waals surface area contributed by atoms with E-state index in [4.69, 9.17) is 20.4 Å². The predicted molar refractivity (Wildman–Crippen MR) is 72.6 cm³/mol. The first kappa shape index (κ1) is 19.8. The lowest BCUT2D eigenvalue weighted by atomic mass is 10.1. The van der Waals surface area contributed by atoms with Gasteiger partial charge in [0.1, 0.15) is 12.1 Å². The number of carboxylic acids is 4. The molecule has 0 heterocycles. The molecule has 0 aliphatic heterocycles. The van der Waals surface area contributed by atoms with E-state index in [1.54, 1.807) is 0 Å². The van der Waals surface area contributed by atoms with Gasteiger partial charge in [-0.25, -0.2) is 0 Å². The van der Waals surface area contributed by atoms with Crippen molar-refractivity contribution in [1.29, 1.82) is 0 Å². The van der Waals surface area contributed by atoms with Crippen molar-refractivity contribution >= 4 is 23.9 Å². The first-order valence-electron chi connectivity index (χ1n) is 6.60. The van der Waals surface area contributed by atoms with Crippen LogP contribution in [0.5, 0.6) is 0 Å². The fourth-order valence-corrected chi connectivity index (χ4v) is 1.64. The van der Waals surface area contributed by atoms with Gasteiger partial charge in [0.25, 0.3) is 0 Å². The Morgan fingerprint density at radius 1 is 0.773 bits per heavy atom. The van der Waals surface area contributed by atoms with E-state index in [0.717, 1.165) is 0 Å². The third-order valence-corrected chi connectivity index (χ3v) is 2.76. The second-order valence-electron chi connectivity index (χ2n) is 4.57. The summed E-state index contributed by atoms with van der Waals surface area (Å²) >= 11 is 0. The third kappa shape index (κ3) is 9.66. The van der Waals surface area contributed by atoms with Gasteiger partial charge in [-0.05, 0) is 25.9 Å². The van der Waals surface area contributed by atoms with Crippen molar-refractivity contribution in [2.45, 2.75) is 37.8 Å². The van der Waals surface area contributed by atoms with Crippen molar-refractivity contribution in [2.24, 2.45) is 0 Å². The van der Waals surface area contributed by atoms with E-state index in [2.05, 4.69) is 10.6 Å². The third-order valence-electron chi connectivity index (χ3n) is 2.76. The van der Waals surface area contributed by atoms with Crippen molar-refractivity contribution < 1.29 is 39.6 Å². The van der Waals surface area contributed by atoms with E-state index < -0.39 is 42.4 Å². The lowest BCUT2D eigenvalue weighted by molar-refractivity contribution is -0.145. The molecule has 10 heteroatoms. The van der Waals surface area contributed by atoms with Gasteiger partial charge >= 0.3 is 23.9 Å². The van der Waals surface area contributed by atoms with Gasteiger partial charge in [-0.3, -0.25) is 19.2 Å². The molecule has 0 aromatic rings. The minimum Gasteiger partial charge on any atom is -0.481 e. The van der Waals surface area contributed by atoms with Gasteiger partial charge in [0.15, 0.2) is 0 Å². The van der Waals surface area contributed by atoms with Crippen molar-refractivity contribution in [3.05, 3.63) is 0 Å². The van der Waals surface area contributed by atoms with Crippen LogP contribution in [0.1, 0.15) is 25.7 Å². The summed E-state index contributed by atoms with van der Waals surface area (Å²) < 4.78 is 0. The highest BCUT2D eigenvalue weighted by Gasteiger charge is 2.20. The molecule has 0 saturated carbocycles. The predicted octanol–water partition coefficient (Wildman–Crippen LogP) is -1.20. The maximum atomic E-state index is 10.9. The minimum atomic E-state index is -1.28. The summed E-state index contributed by atoms with van der Waals surface area (Å²) in [6.45, 7) is 0.408. The van der Waals surface area contributed by atoms with E-state index in [1.807, 2.05) is 0 Å². The summed E-state index contributed by atoms with van der Waals surface area (Å²) in [7, 11) is 0. The SMILES string of the molecule is O=C(O)CCC(NCCCNC(CC(=O)O)C(=O)O)C(=O)O. The van der Waals surface area contributed by atoms with Crippen LogP contribution in [0.4, 0.5) is 0 Å². The van der Waals surface area contributed by atoms with E-state index in [9.17, 15) is 19.2 Å². The smallest absolute Gasteiger partial charge is 0.321 e. The highest BCUT2D eigenvalue weighted by molar-refractivity contribution is 5.80. The highest BCUT2D eigenvalue weighted by atomic mass is 16.4. The highest BCUT2D eigenvalue weighted by Crippen LogP contribution is 1.98. The Balaban J connectivity index is 4.01. The molecule has 2 unspecified atom stereocenters. The Labute approximate surface area is 126 Å². The summed E-state index contributed by atoms with van der Waals surface area (Å²) in [5.74, 6) is -4.77. The number of hydrogen-bond acceptors (Lipinski definition) is 6. The van der Waals surface area contributed by atoms with Gasteiger partial charge in [0.05, 0.1) is 6.42 Å². The zero-order chi connectivity index (χ0) is 17.1. The second-order valence-corrected chi connectivity index (χ2v) is 4.57. The quantitative estimate of drug-likeness (QED) is 0.226. The van der Waals surface area contributed by atoms with Crippen molar-refractivity contribution in [1.82, 2.24) is 10.6 Å². The van der Waals surface area contributed by atoms with Crippen LogP contribution in [-0.4, -0.2) is 69.5 Å². The van der Waals surface area contributed by atoms with Gasteiger partial charge in [0.2, 0.25) is 0 Å². The fourth-order valence-electron chi connectivity index (χ4n) is 1.64. The largest absolute Gasteiger partial charge is 0.481 e. The maximum Gasteiger partial charge on any atom is 0.321 e. The standard InChI is InChI=1S/C12H20N2O8/c15-9(16)3-2-7(11(19)20)13-4-1-5-14-8(12(21)22)6-10(17)18/h7-8,13-14H,1-6H2,(H,15,16)(H,17,18)(H,19,20)(H,21,22). The van der Waals surface area contributed by atoms with E-state index in [-0.39, 0.29) is 25.9 Å². The molecule has 0 saturated heterocycles. The van der Waals surface area contributed by atoms with Crippen LogP contribution in [0.15, 0.2) is 0 Å². The van der Waals surface area contributed by atoms with Crippen molar-refractivity contribution in [2.75, 3.05) is 13.1 Å². The van der Waals surface area contributed by atoms with Crippen LogP contribution in [0.2, 0.25) is 0 Å². The Morgan fingerprint density at radius 2 is 1.27 bits per heavy atom. The number of hydrogen-bond donors (Lipinski definition) is 6. The lowest BCUT2D eigenvalue weighted by Gasteiger charge is -2.15. The normalized spacial score (nSPS) is 13.3.